The second-order valence-electron chi connectivity index (χ2n) is 9.29. The molecule has 0 unspecified atom stereocenters. The molecule has 2 amide bonds. The van der Waals surface area contributed by atoms with Crippen LogP contribution in [0.15, 0.2) is 61.1 Å². The molecule has 5 rings (SSSR count). The minimum atomic E-state index is -0.352. The predicted octanol–water partition coefficient (Wildman–Crippen LogP) is 3.17. The highest BCUT2D eigenvalue weighted by Crippen LogP contribution is 2.27. The number of amides is 2. The van der Waals surface area contributed by atoms with Gasteiger partial charge in [-0.1, -0.05) is 0 Å². The Morgan fingerprint density at radius 2 is 1.87 bits per heavy atom. The molecule has 196 valence electrons. The zero-order chi connectivity index (χ0) is 26.6. The molecule has 2 aromatic carbocycles. The molecule has 10 heteroatoms. The minimum Gasteiger partial charge on any atom is -0.497 e. The van der Waals surface area contributed by atoms with E-state index in [1.165, 1.54) is 0 Å². The molecule has 1 saturated heterocycles. The maximum Gasteiger partial charge on any atom is 0.251 e. The summed E-state index contributed by atoms with van der Waals surface area (Å²) in [6, 6.07) is 13.2. The number of ether oxygens (including phenoxy) is 1. The van der Waals surface area contributed by atoms with E-state index < -0.39 is 0 Å². The number of aromatic nitrogens is 3. The number of likely N-dealkylation sites (tertiary alicyclic amines) is 1. The summed E-state index contributed by atoms with van der Waals surface area (Å²) in [7, 11) is 1.64. The van der Waals surface area contributed by atoms with Crippen molar-refractivity contribution in [2.45, 2.75) is 25.9 Å². The van der Waals surface area contributed by atoms with Gasteiger partial charge in [0, 0.05) is 42.3 Å². The Hall–Kier alpha value is -4.44. The first-order chi connectivity index (χ1) is 18.4. The number of nitrogens with zero attached hydrogens (tertiary/aromatic N) is 4. The van der Waals surface area contributed by atoms with E-state index in [0.717, 1.165) is 28.3 Å². The predicted molar refractivity (Wildman–Crippen MR) is 144 cm³/mol. The fraction of sp³-hybridized carbons (Fsp3) is 0.286. The van der Waals surface area contributed by atoms with Crippen molar-refractivity contribution < 1.29 is 19.4 Å². The molecule has 4 aromatic rings. The smallest absolute Gasteiger partial charge is 0.251 e. The third-order valence-corrected chi connectivity index (χ3v) is 6.76. The van der Waals surface area contributed by atoms with Gasteiger partial charge < -0.3 is 25.4 Å². The van der Waals surface area contributed by atoms with E-state index in [1.807, 2.05) is 47.9 Å². The van der Waals surface area contributed by atoms with Crippen molar-refractivity contribution >= 4 is 29.0 Å². The van der Waals surface area contributed by atoms with Gasteiger partial charge >= 0.3 is 0 Å². The summed E-state index contributed by atoms with van der Waals surface area (Å²) >= 11 is 0. The molecule has 3 N–H and O–H groups in total. The molecule has 0 saturated carbocycles. The van der Waals surface area contributed by atoms with Gasteiger partial charge in [-0.3, -0.25) is 14.0 Å². The molecule has 1 fully saturated rings. The number of benzene rings is 2. The molecule has 0 aliphatic carbocycles. The van der Waals surface area contributed by atoms with Crippen molar-refractivity contribution in [3.05, 3.63) is 72.2 Å². The number of anilines is 2. The van der Waals surface area contributed by atoms with Gasteiger partial charge in [0.25, 0.3) is 5.91 Å². The summed E-state index contributed by atoms with van der Waals surface area (Å²) in [5.74, 6) is 0.917. The van der Waals surface area contributed by atoms with Gasteiger partial charge in [0.2, 0.25) is 5.91 Å². The fourth-order valence-corrected chi connectivity index (χ4v) is 4.59. The number of aliphatic hydroxyl groups is 1. The monoisotopic (exact) mass is 514 g/mol. The minimum absolute atomic E-state index is 0.0727. The van der Waals surface area contributed by atoms with E-state index >= 15 is 0 Å². The van der Waals surface area contributed by atoms with E-state index in [9.17, 15) is 14.7 Å². The second kappa shape index (κ2) is 10.9. The third kappa shape index (κ3) is 5.30. The zero-order valence-corrected chi connectivity index (χ0v) is 21.3. The molecule has 0 radical (unpaired) electrons. The number of fused-ring (bicyclic) bond motifs is 1. The third-order valence-electron chi connectivity index (χ3n) is 6.76. The van der Waals surface area contributed by atoms with Crippen LogP contribution in [0.5, 0.6) is 5.75 Å². The van der Waals surface area contributed by atoms with E-state index in [2.05, 4.69) is 20.6 Å². The lowest BCUT2D eigenvalue weighted by Crippen LogP contribution is -2.45. The van der Waals surface area contributed by atoms with Crippen molar-refractivity contribution in [1.29, 1.82) is 0 Å². The van der Waals surface area contributed by atoms with E-state index in [0.29, 0.717) is 43.0 Å². The standard InChI is InChI=1S/C28H30N6O4/c1-18-15-20(5-8-23(18)28(37)31-17-25(36)33-12-9-21(35)10-13-33)32-26-27-30-16-24(34(27)14-11-29-26)19-3-6-22(38-2)7-4-19/h3-8,11,14-16,21,35H,9-10,12-13,17H2,1-2H3,(H,29,32)(H,31,37). The molecule has 3 heterocycles. The van der Waals surface area contributed by atoms with Crippen LogP contribution < -0.4 is 15.4 Å². The summed E-state index contributed by atoms with van der Waals surface area (Å²) in [4.78, 5) is 35.9. The summed E-state index contributed by atoms with van der Waals surface area (Å²) in [5.41, 5.74) is 4.60. The van der Waals surface area contributed by atoms with Gasteiger partial charge in [-0.2, -0.15) is 0 Å². The molecule has 0 atom stereocenters. The van der Waals surface area contributed by atoms with Crippen LogP contribution in [0, 0.1) is 6.92 Å². The number of hydrogen-bond donors (Lipinski definition) is 3. The Morgan fingerprint density at radius 1 is 1.11 bits per heavy atom. The van der Waals surface area contributed by atoms with Crippen molar-refractivity contribution in [1.82, 2.24) is 24.6 Å². The summed E-state index contributed by atoms with van der Waals surface area (Å²) in [6.07, 6.45) is 6.15. The van der Waals surface area contributed by atoms with Crippen LogP contribution in [0.4, 0.5) is 11.5 Å². The number of carbonyl (C=O) groups is 2. The number of hydrogen-bond acceptors (Lipinski definition) is 7. The van der Waals surface area contributed by atoms with Crippen LogP contribution in [-0.4, -0.2) is 69.0 Å². The topological polar surface area (TPSA) is 121 Å². The van der Waals surface area contributed by atoms with E-state index in [4.69, 9.17) is 4.74 Å². The highest BCUT2D eigenvalue weighted by Gasteiger charge is 2.22. The first kappa shape index (κ1) is 25.2. The maximum atomic E-state index is 12.8. The summed E-state index contributed by atoms with van der Waals surface area (Å²) in [5, 5.41) is 15.6. The van der Waals surface area contributed by atoms with Crippen LogP contribution in [-0.2, 0) is 4.79 Å². The SMILES string of the molecule is COc1ccc(-c2cnc3c(Nc4ccc(C(=O)NCC(=O)N5CCC(O)CC5)c(C)c4)nccn23)cc1. The van der Waals surface area contributed by atoms with Crippen molar-refractivity contribution in [3.8, 4) is 17.0 Å². The average molecular weight is 515 g/mol. The van der Waals surface area contributed by atoms with Crippen molar-refractivity contribution in [2.24, 2.45) is 0 Å². The van der Waals surface area contributed by atoms with Crippen LogP contribution >= 0.6 is 0 Å². The molecule has 38 heavy (non-hydrogen) atoms. The van der Waals surface area contributed by atoms with Gasteiger partial charge in [-0.05, 0) is 67.8 Å². The number of aryl methyl sites for hydroxylation is 1. The number of methoxy groups -OCH3 is 1. The Bertz CT molecular complexity index is 1460. The molecule has 0 bridgehead atoms. The van der Waals surface area contributed by atoms with Crippen molar-refractivity contribution in [3.63, 3.8) is 0 Å². The van der Waals surface area contributed by atoms with Gasteiger partial charge in [-0.25, -0.2) is 9.97 Å². The number of nitrogens with one attached hydrogen (secondary N) is 2. The van der Waals surface area contributed by atoms with E-state index in [1.54, 1.807) is 36.5 Å². The summed E-state index contributed by atoms with van der Waals surface area (Å²) in [6.45, 7) is 2.79. The second-order valence-corrected chi connectivity index (χ2v) is 9.29. The number of aliphatic hydroxyl groups excluding tert-OH is 1. The van der Waals surface area contributed by atoms with Crippen LogP contribution in [0.3, 0.4) is 0 Å². The van der Waals surface area contributed by atoms with Crippen molar-refractivity contribution in [2.75, 3.05) is 32.1 Å². The van der Waals surface area contributed by atoms with Gasteiger partial charge in [0.1, 0.15) is 5.75 Å². The summed E-state index contributed by atoms with van der Waals surface area (Å²) < 4.78 is 7.22. The van der Waals surface area contributed by atoms with Crippen LogP contribution in [0.2, 0.25) is 0 Å². The Kier molecular flexibility index (Phi) is 7.23. The molecule has 1 aliphatic heterocycles. The Balaban J connectivity index is 1.27. The van der Waals surface area contributed by atoms with E-state index in [-0.39, 0.29) is 24.5 Å². The van der Waals surface area contributed by atoms with Crippen LogP contribution in [0.1, 0.15) is 28.8 Å². The Labute approximate surface area is 220 Å². The lowest BCUT2D eigenvalue weighted by atomic mass is 10.1. The molecule has 0 spiro atoms. The lowest BCUT2D eigenvalue weighted by Gasteiger charge is -2.29. The maximum absolute atomic E-state index is 12.8. The number of carbonyl (C=O) groups excluding carboxylic acids is 2. The van der Waals surface area contributed by atoms with Gasteiger partial charge in [-0.15, -0.1) is 0 Å². The highest BCUT2D eigenvalue weighted by atomic mass is 16.5. The van der Waals surface area contributed by atoms with Gasteiger partial charge in [0.15, 0.2) is 11.5 Å². The number of rotatable bonds is 7. The lowest BCUT2D eigenvalue weighted by molar-refractivity contribution is -0.132. The van der Waals surface area contributed by atoms with Gasteiger partial charge in [0.05, 0.1) is 31.6 Å². The fourth-order valence-electron chi connectivity index (χ4n) is 4.59. The number of piperidine rings is 1. The largest absolute Gasteiger partial charge is 0.497 e. The number of imidazole rings is 1. The highest BCUT2D eigenvalue weighted by molar-refractivity contribution is 5.98. The molecule has 1 aliphatic rings. The molecule has 2 aromatic heterocycles. The molecule has 10 nitrogen and oxygen atoms in total. The molecular weight excluding hydrogens is 484 g/mol. The zero-order valence-electron chi connectivity index (χ0n) is 21.3. The van der Waals surface area contributed by atoms with Crippen LogP contribution in [0.25, 0.3) is 16.9 Å². The molecular formula is C28H30N6O4. The Morgan fingerprint density at radius 3 is 2.58 bits per heavy atom. The first-order valence-electron chi connectivity index (χ1n) is 12.5. The quantitative estimate of drug-likeness (QED) is 0.346. The first-order valence-corrected chi connectivity index (χ1v) is 12.5. The normalized spacial score (nSPS) is 13.9. The average Bonchev–Trinajstić information content (AvgIpc) is 3.37.